The topological polar surface area (TPSA) is 30.9 Å². The molecule has 4 heteroatoms. The molecule has 2 saturated carbocycles. The Kier molecular flexibility index (Phi) is 5.50. The van der Waals surface area contributed by atoms with E-state index in [9.17, 15) is 0 Å². The van der Waals surface area contributed by atoms with Crippen molar-refractivity contribution in [2.24, 2.45) is 11.8 Å². The second kappa shape index (κ2) is 8.62. The summed E-state index contributed by atoms with van der Waals surface area (Å²) in [6, 6.07) is 13.7. The van der Waals surface area contributed by atoms with Crippen LogP contribution in [0.5, 0.6) is 17.2 Å². The molecule has 3 unspecified atom stereocenters. The van der Waals surface area contributed by atoms with E-state index < -0.39 is 0 Å². The summed E-state index contributed by atoms with van der Waals surface area (Å²) in [6.07, 6.45) is 11.3. The Morgan fingerprint density at radius 3 is 2.41 bits per heavy atom. The third kappa shape index (κ3) is 3.87. The molecule has 3 fully saturated rings. The van der Waals surface area contributed by atoms with E-state index in [2.05, 4.69) is 35.2 Å². The van der Waals surface area contributed by atoms with Gasteiger partial charge in [-0.1, -0.05) is 25.0 Å². The van der Waals surface area contributed by atoms with Crippen LogP contribution in [-0.2, 0) is 0 Å². The van der Waals surface area contributed by atoms with Gasteiger partial charge in [0.2, 0.25) is 6.79 Å². The van der Waals surface area contributed by atoms with Crippen molar-refractivity contribution in [3.63, 3.8) is 0 Å². The van der Waals surface area contributed by atoms with Gasteiger partial charge >= 0.3 is 0 Å². The summed E-state index contributed by atoms with van der Waals surface area (Å²) in [6.45, 7) is 2.77. The van der Waals surface area contributed by atoms with Gasteiger partial charge in [-0.3, -0.25) is 0 Å². The summed E-state index contributed by atoms with van der Waals surface area (Å²) in [5.41, 5.74) is 3.76. The second-order valence-corrected chi connectivity index (χ2v) is 10.3. The Bertz CT molecular complexity index is 965. The van der Waals surface area contributed by atoms with Crippen LogP contribution in [0.25, 0.3) is 11.1 Å². The molecule has 170 valence electrons. The number of rotatable bonds is 4. The normalized spacial score (nSPS) is 28.0. The molecule has 0 aromatic heterocycles. The molecule has 1 saturated heterocycles. The smallest absolute Gasteiger partial charge is 0.231 e. The van der Waals surface area contributed by atoms with Gasteiger partial charge in [-0.2, -0.15) is 0 Å². The summed E-state index contributed by atoms with van der Waals surface area (Å²) in [5.74, 6) is 5.30. The van der Waals surface area contributed by atoms with E-state index in [1.165, 1.54) is 81.1 Å². The van der Waals surface area contributed by atoms with E-state index >= 15 is 0 Å². The Morgan fingerprint density at radius 1 is 0.781 bits per heavy atom. The summed E-state index contributed by atoms with van der Waals surface area (Å²) in [4.78, 5) is 2.82. The van der Waals surface area contributed by atoms with Crippen molar-refractivity contribution < 1.29 is 14.2 Å². The lowest BCUT2D eigenvalue weighted by Crippen LogP contribution is -2.41. The average molecular weight is 434 g/mol. The van der Waals surface area contributed by atoms with Gasteiger partial charge in [0.15, 0.2) is 11.5 Å². The fourth-order valence-electron chi connectivity index (χ4n) is 6.80. The van der Waals surface area contributed by atoms with E-state index in [1.54, 1.807) is 7.11 Å². The largest absolute Gasteiger partial charge is 0.496 e. The molecule has 0 N–H and O–H groups in total. The van der Waals surface area contributed by atoms with E-state index in [4.69, 9.17) is 14.2 Å². The van der Waals surface area contributed by atoms with Gasteiger partial charge < -0.3 is 19.1 Å². The average Bonchev–Trinajstić information content (AvgIpc) is 3.44. The predicted molar refractivity (Wildman–Crippen MR) is 127 cm³/mol. The van der Waals surface area contributed by atoms with E-state index in [1.807, 2.05) is 6.07 Å². The molecule has 2 heterocycles. The molecule has 0 amide bonds. The van der Waals surface area contributed by atoms with Crippen LogP contribution in [-0.4, -0.2) is 37.9 Å². The molecular formula is C28H35NO3. The number of likely N-dealkylation sites (tertiary alicyclic amines) is 1. The van der Waals surface area contributed by atoms with Crippen molar-refractivity contribution in [1.29, 1.82) is 0 Å². The molecule has 6 rings (SSSR count). The lowest BCUT2D eigenvalue weighted by atomic mass is 9.85. The number of methoxy groups -OCH3 is 1. The van der Waals surface area contributed by atoms with Gasteiger partial charge in [0.1, 0.15) is 5.75 Å². The minimum atomic E-state index is 0.313. The molecule has 2 bridgehead atoms. The first-order valence-electron chi connectivity index (χ1n) is 12.6. The van der Waals surface area contributed by atoms with E-state index in [-0.39, 0.29) is 0 Å². The van der Waals surface area contributed by atoms with Crippen LogP contribution in [0.15, 0.2) is 36.4 Å². The number of ether oxygens (including phenoxy) is 3. The Balaban J connectivity index is 1.18. The fraction of sp³-hybridized carbons (Fsp3) is 0.571. The molecule has 2 aromatic carbocycles. The Labute approximate surface area is 191 Å². The highest BCUT2D eigenvalue weighted by molar-refractivity contribution is 5.69. The molecule has 4 nitrogen and oxygen atoms in total. The Hall–Kier alpha value is -2.20. The zero-order valence-electron chi connectivity index (χ0n) is 19.2. The molecule has 32 heavy (non-hydrogen) atoms. The molecule has 0 spiro atoms. The first-order valence-corrected chi connectivity index (χ1v) is 12.6. The first-order chi connectivity index (χ1) is 15.8. The third-order valence-electron chi connectivity index (χ3n) is 8.58. The van der Waals surface area contributed by atoms with Gasteiger partial charge in [-0.05, 0) is 110 Å². The molecule has 3 atom stereocenters. The van der Waals surface area contributed by atoms with Gasteiger partial charge in [0.05, 0.1) is 7.11 Å². The molecule has 4 aliphatic rings. The third-order valence-corrected chi connectivity index (χ3v) is 8.58. The minimum absolute atomic E-state index is 0.313. The lowest BCUT2D eigenvalue weighted by molar-refractivity contribution is 0.125. The second-order valence-electron chi connectivity index (χ2n) is 10.3. The van der Waals surface area contributed by atoms with Crippen molar-refractivity contribution in [3.05, 3.63) is 42.0 Å². The maximum absolute atomic E-state index is 5.80. The first kappa shape index (κ1) is 20.4. The summed E-state index contributed by atoms with van der Waals surface area (Å²) >= 11 is 0. The standard InChI is InChI=1S/C28H35NO3/c1-30-26-8-5-22(23-6-9-27-28(17-23)32-18-31-27)16-25(26)21-10-12-29(13-11-21)24-7-4-19-2-3-20(14-19)15-24/h5-6,8-9,16-17,19-21,24H,2-4,7,10-15,18H2,1H3. The zero-order chi connectivity index (χ0) is 21.5. The van der Waals surface area contributed by atoms with Crippen molar-refractivity contribution in [1.82, 2.24) is 4.90 Å². The number of hydrogen-bond donors (Lipinski definition) is 0. The van der Waals surface area contributed by atoms with Crippen molar-refractivity contribution in [2.75, 3.05) is 27.0 Å². The molecule has 2 aliphatic heterocycles. The van der Waals surface area contributed by atoms with E-state index in [0.717, 1.165) is 35.1 Å². The van der Waals surface area contributed by atoms with Crippen LogP contribution in [0.1, 0.15) is 62.8 Å². The number of nitrogens with zero attached hydrogens (tertiary/aromatic N) is 1. The monoisotopic (exact) mass is 433 g/mol. The number of piperidine rings is 1. The molecule has 2 aliphatic carbocycles. The maximum atomic E-state index is 5.80. The maximum Gasteiger partial charge on any atom is 0.231 e. The van der Waals surface area contributed by atoms with Gasteiger partial charge in [-0.25, -0.2) is 0 Å². The van der Waals surface area contributed by atoms with Crippen LogP contribution in [0.2, 0.25) is 0 Å². The zero-order valence-corrected chi connectivity index (χ0v) is 19.2. The van der Waals surface area contributed by atoms with Crippen LogP contribution in [0.3, 0.4) is 0 Å². The van der Waals surface area contributed by atoms with Gasteiger partial charge in [-0.15, -0.1) is 0 Å². The van der Waals surface area contributed by atoms with Crippen LogP contribution >= 0.6 is 0 Å². The lowest BCUT2D eigenvalue weighted by Gasteiger charge is -2.39. The quantitative estimate of drug-likeness (QED) is 0.571. The van der Waals surface area contributed by atoms with Crippen molar-refractivity contribution >= 4 is 0 Å². The summed E-state index contributed by atoms with van der Waals surface area (Å²) in [5, 5.41) is 0. The highest BCUT2D eigenvalue weighted by Crippen LogP contribution is 2.44. The molecule has 0 radical (unpaired) electrons. The molecular weight excluding hydrogens is 398 g/mol. The molecule has 2 aromatic rings. The van der Waals surface area contributed by atoms with Crippen LogP contribution in [0.4, 0.5) is 0 Å². The van der Waals surface area contributed by atoms with Crippen molar-refractivity contribution in [2.45, 2.75) is 63.3 Å². The Morgan fingerprint density at radius 2 is 1.53 bits per heavy atom. The summed E-state index contributed by atoms with van der Waals surface area (Å²) in [7, 11) is 1.80. The highest BCUT2D eigenvalue weighted by Gasteiger charge is 2.35. The van der Waals surface area contributed by atoms with Crippen molar-refractivity contribution in [3.8, 4) is 28.4 Å². The van der Waals surface area contributed by atoms with Crippen LogP contribution in [0, 0.1) is 11.8 Å². The predicted octanol–water partition coefficient (Wildman–Crippen LogP) is 6.24. The number of hydrogen-bond acceptors (Lipinski definition) is 4. The van der Waals surface area contributed by atoms with Gasteiger partial charge in [0.25, 0.3) is 0 Å². The number of benzene rings is 2. The summed E-state index contributed by atoms with van der Waals surface area (Å²) < 4.78 is 16.9. The van der Waals surface area contributed by atoms with Gasteiger partial charge in [0, 0.05) is 6.04 Å². The SMILES string of the molecule is COc1ccc(-c2ccc3c(c2)OCO3)cc1C1CCN(C2CCC3CCC(C3)C2)CC1. The number of fused-ring (bicyclic) bond motifs is 3. The fourth-order valence-corrected chi connectivity index (χ4v) is 6.80. The van der Waals surface area contributed by atoms with E-state index in [0.29, 0.717) is 12.7 Å². The van der Waals surface area contributed by atoms with Crippen LogP contribution < -0.4 is 14.2 Å². The highest BCUT2D eigenvalue weighted by atomic mass is 16.7. The minimum Gasteiger partial charge on any atom is -0.496 e.